The summed E-state index contributed by atoms with van der Waals surface area (Å²) in [5.41, 5.74) is -1.56. The molecule has 6 heteroatoms. The van der Waals surface area contributed by atoms with E-state index in [1.54, 1.807) is 12.1 Å². The summed E-state index contributed by atoms with van der Waals surface area (Å²) in [6.07, 6.45) is 0.274. The molecule has 0 radical (unpaired) electrons. The Morgan fingerprint density at radius 2 is 1.07 bits per heavy atom. The summed E-state index contributed by atoms with van der Waals surface area (Å²) >= 11 is 0. The second kappa shape index (κ2) is 6.83. The van der Waals surface area contributed by atoms with Crippen LogP contribution >= 0.6 is 0 Å². The van der Waals surface area contributed by atoms with Crippen molar-refractivity contribution in [2.24, 2.45) is 0 Å². The lowest BCUT2D eigenvalue weighted by Gasteiger charge is -2.16. The van der Waals surface area contributed by atoms with Gasteiger partial charge in [0.2, 0.25) is 11.6 Å². The highest BCUT2D eigenvalue weighted by molar-refractivity contribution is 6.50. The smallest absolute Gasteiger partial charge is 0.233 e. The number of aliphatic hydroxyl groups is 2. The van der Waals surface area contributed by atoms with Gasteiger partial charge in [-0.25, -0.2) is 0 Å². The van der Waals surface area contributed by atoms with Crippen molar-refractivity contribution < 1.29 is 29.4 Å². The standard InChI is InChI=1S/C23H22O6/c1-22(2,28)20(26)14-7-5-12-9-13-6-8-15(21(27)23(3,4)29)11-17(13)19(25)18(24)16(12)10-14/h5-8,10-11,28-29H,9H2,1-4H3. The number of rotatable bonds is 4. The van der Waals surface area contributed by atoms with Gasteiger partial charge in [0, 0.05) is 22.3 Å². The molecule has 0 saturated heterocycles. The largest absolute Gasteiger partial charge is 0.382 e. The van der Waals surface area contributed by atoms with Gasteiger partial charge >= 0.3 is 0 Å². The third-order valence-corrected chi connectivity index (χ3v) is 4.93. The molecule has 0 aliphatic heterocycles. The topological polar surface area (TPSA) is 109 Å². The third kappa shape index (κ3) is 3.81. The summed E-state index contributed by atoms with van der Waals surface area (Å²) in [6, 6.07) is 8.92. The van der Waals surface area contributed by atoms with Crippen LogP contribution in [0.5, 0.6) is 0 Å². The van der Waals surface area contributed by atoms with E-state index in [0.29, 0.717) is 11.1 Å². The molecule has 3 rings (SSSR count). The van der Waals surface area contributed by atoms with Gasteiger partial charge in [0.05, 0.1) is 0 Å². The zero-order valence-electron chi connectivity index (χ0n) is 16.7. The first-order valence-corrected chi connectivity index (χ1v) is 9.20. The van der Waals surface area contributed by atoms with Gasteiger partial charge in [-0.3, -0.25) is 19.2 Å². The molecule has 0 amide bonds. The number of carbonyl (C=O) groups is 4. The molecule has 0 heterocycles. The van der Waals surface area contributed by atoms with Gasteiger partial charge in [-0.05, 0) is 57.4 Å². The zero-order chi connectivity index (χ0) is 21.7. The maximum absolute atomic E-state index is 12.8. The van der Waals surface area contributed by atoms with Gasteiger partial charge in [0.25, 0.3) is 0 Å². The normalized spacial score (nSPS) is 14.1. The lowest BCUT2D eigenvalue weighted by molar-refractivity contribution is 0.0487. The number of carbonyl (C=O) groups excluding carboxylic acids is 4. The molecule has 0 unspecified atom stereocenters. The molecule has 2 aromatic rings. The van der Waals surface area contributed by atoms with Crippen molar-refractivity contribution in [3.05, 3.63) is 69.8 Å². The summed E-state index contributed by atoms with van der Waals surface area (Å²) in [7, 11) is 0. The molecular weight excluding hydrogens is 372 g/mol. The molecule has 29 heavy (non-hydrogen) atoms. The maximum atomic E-state index is 12.8. The Balaban J connectivity index is 2.08. The summed E-state index contributed by atoms with van der Waals surface area (Å²) in [4.78, 5) is 50.4. The molecule has 0 saturated carbocycles. The number of benzene rings is 2. The Hall–Kier alpha value is -2.96. The quantitative estimate of drug-likeness (QED) is 0.609. The fourth-order valence-electron chi connectivity index (χ4n) is 3.32. The predicted molar refractivity (Wildman–Crippen MR) is 106 cm³/mol. The van der Waals surface area contributed by atoms with E-state index in [2.05, 4.69) is 0 Å². The molecule has 1 aliphatic carbocycles. The zero-order valence-corrected chi connectivity index (χ0v) is 16.7. The monoisotopic (exact) mass is 394 g/mol. The van der Waals surface area contributed by atoms with Crippen molar-refractivity contribution in [1.29, 1.82) is 0 Å². The van der Waals surface area contributed by atoms with Crippen molar-refractivity contribution in [1.82, 2.24) is 0 Å². The van der Waals surface area contributed by atoms with Crippen LogP contribution in [0.3, 0.4) is 0 Å². The molecule has 0 fully saturated rings. The lowest BCUT2D eigenvalue weighted by Crippen LogP contribution is -2.31. The molecule has 6 nitrogen and oxygen atoms in total. The Kier molecular flexibility index (Phi) is 4.89. The second-order valence-electron chi connectivity index (χ2n) is 8.36. The molecule has 0 atom stereocenters. The number of hydrogen-bond donors (Lipinski definition) is 2. The molecular formula is C23H22O6. The van der Waals surface area contributed by atoms with Crippen molar-refractivity contribution in [3.8, 4) is 0 Å². The summed E-state index contributed by atoms with van der Waals surface area (Å²) < 4.78 is 0. The Morgan fingerprint density at radius 3 is 1.38 bits per heavy atom. The average molecular weight is 394 g/mol. The van der Waals surface area contributed by atoms with E-state index >= 15 is 0 Å². The maximum Gasteiger partial charge on any atom is 0.233 e. The van der Waals surface area contributed by atoms with Crippen molar-refractivity contribution in [3.63, 3.8) is 0 Å². The SMILES string of the molecule is CC(C)(O)C(=O)c1ccc2c(c1)C(=O)C(=O)c1cc(C(=O)C(C)(C)O)ccc1C2. The summed E-state index contributed by atoms with van der Waals surface area (Å²) in [6.45, 7) is 5.41. The number of hydrogen-bond acceptors (Lipinski definition) is 6. The molecule has 2 aromatic carbocycles. The Morgan fingerprint density at radius 1 is 0.724 bits per heavy atom. The van der Waals surface area contributed by atoms with E-state index < -0.39 is 34.3 Å². The van der Waals surface area contributed by atoms with Crippen molar-refractivity contribution in [2.45, 2.75) is 45.3 Å². The fourth-order valence-corrected chi connectivity index (χ4v) is 3.32. The highest BCUT2D eigenvalue weighted by Crippen LogP contribution is 2.28. The Labute approximate surface area is 168 Å². The first kappa shape index (κ1) is 20.8. The van der Waals surface area contributed by atoms with Gasteiger partial charge < -0.3 is 10.2 Å². The van der Waals surface area contributed by atoms with Crippen LogP contribution in [0.25, 0.3) is 0 Å². The summed E-state index contributed by atoms with van der Waals surface area (Å²) in [5, 5.41) is 19.9. The van der Waals surface area contributed by atoms with Crippen LogP contribution in [0.1, 0.15) is 80.3 Å². The van der Waals surface area contributed by atoms with Crippen molar-refractivity contribution >= 4 is 23.1 Å². The molecule has 2 N–H and O–H groups in total. The van der Waals surface area contributed by atoms with Crippen LogP contribution in [0.2, 0.25) is 0 Å². The van der Waals surface area contributed by atoms with E-state index in [4.69, 9.17) is 0 Å². The second-order valence-corrected chi connectivity index (χ2v) is 8.36. The molecule has 0 spiro atoms. The van der Waals surface area contributed by atoms with E-state index in [1.807, 2.05) is 0 Å². The highest BCUT2D eigenvalue weighted by Gasteiger charge is 2.32. The van der Waals surface area contributed by atoms with Crippen LogP contribution in [0.4, 0.5) is 0 Å². The van der Waals surface area contributed by atoms with Crippen LogP contribution in [-0.4, -0.2) is 44.5 Å². The fraction of sp³-hybridized carbons (Fsp3) is 0.304. The number of fused-ring (bicyclic) bond motifs is 2. The van der Waals surface area contributed by atoms with Gasteiger partial charge in [0.15, 0.2) is 11.6 Å². The minimum Gasteiger partial charge on any atom is -0.382 e. The molecule has 150 valence electrons. The number of Topliss-reactive ketones (excluding diaryl/α,β-unsaturated/α-hetero) is 4. The average Bonchev–Trinajstić information content (AvgIpc) is 2.74. The van der Waals surface area contributed by atoms with Crippen LogP contribution < -0.4 is 0 Å². The van der Waals surface area contributed by atoms with E-state index in [0.717, 1.165) is 0 Å². The van der Waals surface area contributed by atoms with Crippen LogP contribution in [0, 0.1) is 0 Å². The van der Waals surface area contributed by atoms with E-state index in [9.17, 15) is 29.4 Å². The van der Waals surface area contributed by atoms with E-state index in [-0.39, 0.29) is 28.7 Å². The van der Waals surface area contributed by atoms with Gasteiger partial charge in [-0.2, -0.15) is 0 Å². The van der Waals surface area contributed by atoms with Gasteiger partial charge in [-0.1, -0.05) is 24.3 Å². The van der Waals surface area contributed by atoms with E-state index in [1.165, 1.54) is 52.0 Å². The Bertz CT molecular complexity index is 978. The summed E-state index contributed by atoms with van der Waals surface area (Å²) in [5.74, 6) is -2.67. The molecule has 0 aromatic heterocycles. The number of ketones is 4. The highest BCUT2D eigenvalue weighted by atomic mass is 16.3. The lowest BCUT2D eigenvalue weighted by atomic mass is 9.91. The van der Waals surface area contributed by atoms with Crippen LogP contribution in [-0.2, 0) is 6.42 Å². The first-order valence-electron chi connectivity index (χ1n) is 9.20. The van der Waals surface area contributed by atoms with Crippen LogP contribution in [0.15, 0.2) is 36.4 Å². The van der Waals surface area contributed by atoms with Crippen molar-refractivity contribution in [2.75, 3.05) is 0 Å². The molecule has 1 aliphatic rings. The third-order valence-electron chi connectivity index (χ3n) is 4.93. The molecule has 0 bridgehead atoms. The van der Waals surface area contributed by atoms with Gasteiger partial charge in [0.1, 0.15) is 11.2 Å². The minimum atomic E-state index is -1.61. The predicted octanol–water partition coefficient (Wildman–Crippen LogP) is 2.56. The minimum absolute atomic E-state index is 0.108. The first-order chi connectivity index (χ1) is 13.3. The van der Waals surface area contributed by atoms with Gasteiger partial charge in [-0.15, -0.1) is 0 Å².